The largest absolute Gasteiger partial charge is 0.315 e. The fourth-order valence-electron chi connectivity index (χ4n) is 2.31. The molecule has 20 heavy (non-hydrogen) atoms. The standard InChI is InChI=1S/C16H23N3S/c1-10(2)6-14-15(9-17-5)20-16(19-14)13-7-11(3)18-12(4)8-13/h7-8,10,17H,6,9H2,1-5H3. The molecule has 0 fully saturated rings. The molecule has 3 nitrogen and oxygen atoms in total. The lowest BCUT2D eigenvalue weighted by Gasteiger charge is -2.04. The van der Waals surface area contributed by atoms with E-state index in [-0.39, 0.29) is 0 Å². The van der Waals surface area contributed by atoms with Crippen LogP contribution in [0, 0.1) is 19.8 Å². The summed E-state index contributed by atoms with van der Waals surface area (Å²) in [6.07, 6.45) is 1.04. The van der Waals surface area contributed by atoms with Gasteiger partial charge < -0.3 is 5.32 Å². The van der Waals surface area contributed by atoms with Crippen LogP contribution >= 0.6 is 11.3 Å². The van der Waals surface area contributed by atoms with E-state index in [1.54, 1.807) is 11.3 Å². The maximum absolute atomic E-state index is 4.87. The zero-order chi connectivity index (χ0) is 14.7. The first-order valence-electron chi connectivity index (χ1n) is 7.08. The Morgan fingerprint density at radius 3 is 2.35 bits per heavy atom. The van der Waals surface area contributed by atoms with Crippen LogP contribution in [0.1, 0.15) is 35.8 Å². The average molecular weight is 289 g/mol. The zero-order valence-corrected chi connectivity index (χ0v) is 13.8. The molecule has 108 valence electrons. The highest BCUT2D eigenvalue weighted by molar-refractivity contribution is 7.15. The molecule has 0 atom stereocenters. The van der Waals surface area contributed by atoms with Crippen LogP contribution in [0.25, 0.3) is 10.6 Å². The summed E-state index contributed by atoms with van der Waals surface area (Å²) in [4.78, 5) is 10.7. The van der Waals surface area contributed by atoms with Gasteiger partial charge in [-0.2, -0.15) is 0 Å². The van der Waals surface area contributed by atoms with Gasteiger partial charge in [-0.1, -0.05) is 13.8 Å². The van der Waals surface area contributed by atoms with Crippen molar-refractivity contribution in [3.05, 3.63) is 34.1 Å². The van der Waals surface area contributed by atoms with Crippen molar-refractivity contribution in [3.63, 3.8) is 0 Å². The molecule has 0 aliphatic heterocycles. The van der Waals surface area contributed by atoms with Gasteiger partial charge in [-0.05, 0) is 45.4 Å². The predicted molar refractivity (Wildman–Crippen MR) is 86.1 cm³/mol. The van der Waals surface area contributed by atoms with E-state index in [9.17, 15) is 0 Å². The lowest BCUT2D eigenvalue weighted by Crippen LogP contribution is -2.07. The van der Waals surface area contributed by atoms with E-state index in [2.05, 4.69) is 36.3 Å². The van der Waals surface area contributed by atoms with Crippen LogP contribution in [0.3, 0.4) is 0 Å². The summed E-state index contributed by atoms with van der Waals surface area (Å²) < 4.78 is 0. The number of nitrogens with one attached hydrogen (secondary N) is 1. The second-order valence-corrected chi connectivity index (χ2v) is 6.74. The van der Waals surface area contributed by atoms with Gasteiger partial charge in [-0.25, -0.2) is 4.98 Å². The van der Waals surface area contributed by atoms with Crippen LogP contribution in [0.15, 0.2) is 12.1 Å². The Bertz CT molecular complexity index is 567. The van der Waals surface area contributed by atoms with Crippen molar-refractivity contribution >= 4 is 11.3 Å². The molecule has 0 aliphatic rings. The van der Waals surface area contributed by atoms with Crippen LogP contribution in [0.4, 0.5) is 0 Å². The molecule has 0 spiro atoms. The van der Waals surface area contributed by atoms with Gasteiger partial charge in [-0.3, -0.25) is 4.98 Å². The van der Waals surface area contributed by atoms with E-state index in [1.165, 1.54) is 16.1 Å². The van der Waals surface area contributed by atoms with Crippen LogP contribution in [0.2, 0.25) is 0 Å². The maximum Gasteiger partial charge on any atom is 0.124 e. The normalized spacial score (nSPS) is 11.3. The van der Waals surface area contributed by atoms with E-state index in [0.717, 1.165) is 29.4 Å². The topological polar surface area (TPSA) is 37.8 Å². The van der Waals surface area contributed by atoms with Gasteiger partial charge >= 0.3 is 0 Å². The lowest BCUT2D eigenvalue weighted by atomic mass is 10.1. The number of aromatic nitrogens is 2. The molecular formula is C16H23N3S. The highest BCUT2D eigenvalue weighted by Crippen LogP contribution is 2.30. The summed E-state index contributed by atoms with van der Waals surface area (Å²) in [5, 5.41) is 4.35. The van der Waals surface area contributed by atoms with Crippen LogP contribution < -0.4 is 5.32 Å². The Morgan fingerprint density at radius 2 is 1.80 bits per heavy atom. The van der Waals surface area contributed by atoms with E-state index in [0.29, 0.717) is 5.92 Å². The number of hydrogen-bond acceptors (Lipinski definition) is 4. The first-order chi connectivity index (χ1) is 9.49. The third kappa shape index (κ3) is 3.64. The highest BCUT2D eigenvalue weighted by atomic mass is 32.1. The Labute approximate surface area is 125 Å². The van der Waals surface area contributed by atoms with E-state index in [1.807, 2.05) is 20.9 Å². The quantitative estimate of drug-likeness (QED) is 0.911. The third-order valence-electron chi connectivity index (χ3n) is 3.05. The molecule has 0 bridgehead atoms. The van der Waals surface area contributed by atoms with Crippen LogP contribution in [0.5, 0.6) is 0 Å². The number of thiazole rings is 1. The van der Waals surface area contributed by atoms with Crippen molar-refractivity contribution in [1.82, 2.24) is 15.3 Å². The fraction of sp³-hybridized carbons (Fsp3) is 0.500. The fourth-order valence-corrected chi connectivity index (χ4v) is 3.40. The Kier molecular flexibility index (Phi) is 4.89. The number of rotatable bonds is 5. The first-order valence-corrected chi connectivity index (χ1v) is 7.90. The van der Waals surface area contributed by atoms with Gasteiger partial charge in [0.1, 0.15) is 5.01 Å². The predicted octanol–water partition coefficient (Wildman–Crippen LogP) is 3.74. The van der Waals surface area contributed by atoms with Crippen molar-refractivity contribution in [3.8, 4) is 10.6 Å². The van der Waals surface area contributed by atoms with Crippen LogP contribution in [-0.4, -0.2) is 17.0 Å². The summed E-state index contributed by atoms with van der Waals surface area (Å²) in [6.45, 7) is 9.44. The summed E-state index contributed by atoms with van der Waals surface area (Å²) in [6, 6.07) is 4.24. The molecule has 0 amide bonds. The molecule has 1 N–H and O–H groups in total. The minimum atomic E-state index is 0.626. The lowest BCUT2D eigenvalue weighted by molar-refractivity contribution is 0.631. The third-order valence-corrected chi connectivity index (χ3v) is 4.19. The van der Waals surface area contributed by atoms with Gasteiger partial charge in [0, 0.05) is 28.4 Å². The van der Waals surface area contributed by atoms with Crippen molar-refractivity contribution in [2.45, 2.75) is 40.7 Å². The number of pyridine rings is 1. The monoisotopic (exact) mass is 289 g/mol. The number of hydrogen-bond donors (Lipinski definition) is 1. The Morgan fingerprint density at radius 1 is 1.15 bits per heavy atom. The Hall–Kier alpha value is -1.26. The molecule has 0 saturated carbocycles. The molecule has 0 unspecified atom stereocenters. The molecular weight excluding hydrogens is 266 g/mol. The number of nitrogens with zero attached hydrogens (tertiary/aromatic N) is 2. The van der Waals surface area contributed by atoms with Gasteiger partial charge in [0.15, 0.2) is 0 Å². The van der Waals surface area contributed by atoms with E-state index < -0.39 is 0 Å². The second kappa shape index (κ2) is 6.46. The molecule has 2 aromatic rings. The molecule has 0 saturated heterocycles. The summed E-state index contributed by atoms with van der Waals surface area (Å²) >= 11 is 1.80. The van der Waals surface area contributed by atoms with Gasteiger partial charge in [-0.15, -0.1) is 11.3 Å². The molecule has 0 aliphatic carbocycles. The van der Waals surface area contributed by atoms with Crippen molar-refractivity contribution < 1.29 is 0 Å². The zero-order valence-electron chi connectivity index (χ0n) is 12.9. The van der Waals surface area contributed by atoms with Crippen molar-refractivity contribution in [2.24, 2.45) is 5.92 Å². The van der Waals surface area contributed by atoms with E-state index in [4.69, 9.17) is 4.98 Å². The SMILES string of the molecule is CNCc1sc(-c2cc(C)nc(C)c2)nc1CC(C)C. The molecule has 0 radical (unpaired) electrons. The second-order valence-electron chi connectivity index (χ2n) is 5.66. The molecule has 0 aromatic carbocycles. The summed E-state index contributed by atoms with van der Waals surface area (Å²) in [7, 11) is 1.99. The van der Waals surface area contributed by atoms with Gasteiger partial charge in [0.25, 0.3) is 0 Å². The van der Waals surface area contributed by atoms with Crippen molar-refractivity contribution in [1.29, 1.82) is 0 Å². The first kappa shape index (κ1) is 15.1. The minimum absolute atomic E-state index is 0.626. The summed E-state index contributed by atoms with van der Waals surface area (Å²) in [5.74, 6) is 0.626. The highest BCUT2D eigenvalue weighted by Gasteiger charge is 2.14. The molecule has 2 aromatic heterocycles. The van der Waals surface area contributed by atoms with Gasteiger partial charge in [0.2, 0.25) is 0 Å². The maximum atomic E-state index is 4.87. The molecule has 2 rings (SSSR count). The molecule has 4 heteroatoms. The Balaban J connectivity index is 2.41. The number of aryl methyl sites for hydroxylation is 2. The van der Waals surface area contributed by atoms with Gasteiger partial charge in [0.05, 0.1) is 5.69 Å². The smallest absolute Gasteiger partial charge is 0.124 e. The average Bonchev–Trinajstić information content (AvgIpc) is 2.71. The minimum Gasteiger partial charge on any atom is -0.315 e. The summed E-state index contributed by atoms with van der Waals surface area (Å²) in [5.41, 5.74) is 4.53. The molecule has 2 heterocycles. The van der Waals surface area contributed by atoms with Crippen molar-refractivity contribution in [2.75, 3.05) is 7.05 Å². The van der Waals surface area contributed by atoms with Crippen LogP contribution in [-0.2, 0) is 13.0 Å². The van der Waals surface area contributed by atoms with E-state index >= 15 is 0 Å².